The largest absolute Gasteiger partial charge is 0.427 e. The van der Waals surface area contributed by atoms with Crippen LogP contribution in [0.5, 0.6) is 0 Å². The number of ketones is 1. The second kappa shape index (κ2) is 7.55. The van der Waals surface area contributed by atoms with E-state index < -0.39 is 62.6 Å². The highest BCUT2D eigenvalue weighted by molar-refractivity contribution is 7.89. The van der Waals surface area contributed by atoms with Gasteiger partial charge in [0.2, 0.25) is 10.0 Å². The number of carbonyl (C=O) groups is 1. The lowest BCUT2D eigenvalue weighted by Gasteiger charge is -2.47. The molecule has 6 nitrogen and oxygen atoms in total. The predicted octanol–water partition coefficient (Wildman–Crippen LogP) is 4.07. The molecule has 33 heavy (non-hydrogen) atoms. The van der Waals surface area contributed by atoms with Crippen molar-refractivity contribution < 1.29 is 39.6 Å². The standard InChI is InChI=1S/C20H21F6N3O3S/c1-11-28-18(19(21,22)23,20(24,25)26)16-14(8-17(2,3)9-15(16)30)29(11)10-12-4-6-13(7-5-12)33(27,31)32/h4-7H,8-10H2,1-3H3,(H2,27,31,32). The molecule has 0 aromatic heterocycles. The number of halogens is 6. The molecule has 0 atom stereocenters. The fraction of sp³-hybridized carbons (Fsp3) is 0.500. The van der Waals surface area contributed by atoms with Gasteiger partial charge in [0.05, 0.1) is 10.5 Å². The maximum atomic E-state index is 14.0. The Balaban J connectivity index is 2.21. The van der Waals surface area contributed by atoms with Crippen LogP contribution in [0.15, 0.2) is 45.4 Å². The van der Waals surface area contributed by atoms with Crippen molar-refractivity contribution in [2.24, 2.45) is 15.5 Å². The van der Waals surface area contributed by atoms with E-state index in [2.05, 4.69) is 4.99 Å². The number of nitrogens with zero attached hydrogens (tertiary/aromatic N) is 2. The van der Waals surface area contributed by atoms with Gasteiger partial charge in [0, 0.05) is 18.7 Å². The first-order valence-electron chi connectivity index (χ1n) is 9.66. The third-order valence-corrected chi connectivity index (χ3v) is 6.60. The van der Waals surface area contributed by atoms with Crippen LogP contribution in [0.25, 0.3) is 0 Å². The molecule has 0 radical (unpaired) electrons. The minimum absolute atomic E-state index is 0.211. The SMILES string of the molecule is CC1=NC(C(F)(F)F)(C(F)(F)F)C2=C(CC(C)(C)CC2=O)N1Cc1ccc(S(N)(=O)=O)cc1. The van der Waals surface area contributed by atoms with Gasteiger partial charge in [0.15, 0.2) is 5.78 Å². The summed E-state index contributed by atoms with van der Waals surface area (Å²) < 4.78 is 107. The van der Waals surface area contributed by atoms with E-state index in [-0.39, 0.29) is 17.9 Å². The molecule has 0 fully saturated rings. The molecule has 2 N–H and O–H groups in total. The second-order valence-corrected chi connectivity index (χ2v) is 10.5. The minimum atomic E-state index is -5.90. The van der Waals surface area contributed by atoms with E-state index in [1.54, 1.807) is 13.8 Å². The molecule has 1 heterocycles. The lowest BCUT2D eigenvalue weighted by atomic mass is 9.69. The normalized spacial score (nSPS) is 21.1. The Hall–Kier alpha value is -2.41. The number of hydrogen-bond donors (Lipinski definition) is 1. The van der Waals surface area contributed by atoms with Gasteiger partial charge in [-0.05, 0) is 36.5 Å². The Labute approximate surface area is 186 Å². The van der Waals surface area contributed by atoms with Gasteiger partial charge in [-0.2, -0.15) is 26.3 Å². The van der Waals surface area contributed by atoms with E-state index in [9.17, 15) is 39.6 Å². The highest BCUT2D eigenvalue weighted by Crippen LogP contribution is 2.56. The molecule has 182 valence electrons. The summed E-state index contributed by atoms with van der Waals surface area (Å²) in [6.45, 7) is 3.95. The lowest BCUT2D eigenvalue weighted by Crippen LogP contribution is -2.63. The smallest absolute Gasteiger partial charge is 0.329 e. The maximum absolute atomic E-state index is 14.0. The lowest BCUT2D eigenvalue weighted by molar-refractivity contribution is -0.283. The summed E-state index contributed by atoms with van der Waals surface area (Å²) in [7, 11) is -3.99. The fourth-order valence-corrected chi connectivity index (χ4v) is 4.75. The summed E-state index contributed by atoms with van der Waals surface area (Å²) in [4.78, 5) is 16.8. The third kappa shape index (κ3) is 4.27. The molecule has 3 rings (SSSR count). The number of rotatable bonds is 3. The van der Waals surface area contributed by atoms with Crippen LogP contribution in [-0.4, -0.2) is 42.8 Å². The van der Waals surface area contributed by atoms with Crippen molar-refractivity contribution in [3.8, 4) is 0 Å². The van der Waals surface area contributed by atoms with Crippen molar-refractivity contribution in [3.63, 3.8) is 0 Å². The molecule has 0 spiro atoms. The van der Waals surface area contributed by atoms with Crippen LogP contribution < -0.4 is 5.14 Å². The summed E-state index contributed by atoms with van der Waals surface area (Å²) in [6, 6.07) is 5.00. The predicted molar refractivity (Wildman–Crippen MR) is 106 cm³/mol. The monoisotopic (exact) mass is 497 g/mol. The summed E-state index contributed by atoms with van der Waals surface area (Å²) in [5.41, 5.74) is -6.97. The molecule has 0 saturated carbocycles. The number of aliphatic imine (C=N–C) groups is 1. The van der Waals surface area contributed by atoms with Gasteiger partial charge in [-0.3, -0.25) is 4.79 Å². The van der Waals surface area contributed by atoms with Gasteiger partial charge in [-0.1, -0.05) is 26.0 Å². The van der Waals surface area contributed by atoms with Crippen molar-refractivity contribution in [2.45, 2.75) is 62.9 Å². The van der Waals surface area contributed by atoms with E-state index in [1.807, 2.05) is 0 Å². The number of allylic oxidation sites excluding steroid dienone is 1. The van der Waals surface area contributed by atoms with Crippen molar-refractivity contribution in [3.05, 3.63) is 41.1 Å². The van der Waals surface area contributed by atoms with Gasteiger partial charge in [0.1, 0.15) is 5.84 Å². The van der Waals surface area contributed by atoms with Crippen molar-refractivity contribution >= 4 is 21.6 Å². The number of sulfonamides is 1. The van der Waals surface area contributed by atoms with Gasteiger partial charge in [0.25, 0.3) is 5.54 Å². The Bertz CT molecular complexity index is 1130. The van der Waals surface area contributed by atoms with Crippen LogP contribution >= 0.6 is 0 Å². The quantitative estimate of drug-likeness (QED) is 0.638. The molecular weight excluding hydrogens is 476 g/mol. The zero-order valence-corrected chi connectivity index (χ0v) is 18.6. The van der Waals surface area contributed by atoms with Crippen molar-refractivity contribution in [2.75, 3.05) is 0 Å². The molecule has 2 aliphatic rings. The van der Waals surface area contributed by atoms with Crippen LogP contribution in [0.2, 0.25) is 0 Å². The van der Waals surface area contributed by atoms with Gasteiger partial charge in [-0.15, -0.1) is 0 Å². The van der Waals surface area contributed by atoms with Crippen LogP contribution in [0.4, 0.5) is 26.3 Å². The number of Topliss-reactive ketones (excluding diaryl/α,β-unsaturated/α-hetero) is 1. The molecule has 1 aromatic carbocycles. The Morgan fingerprint density at radius 1 is 1.03 bits per heavy atom. The van der Waals surface area contributed by atoms with Gasteiger partial charge >= 0.3 is 12.4 Å². The Kier molecular flexibility index (Phi) is 5.77. The molecule has 13 heteroatoms. The van der Waals surface area contributed by atoms with Crippen LogP contribution in [0.1, 0.15) is 39.2 Å². The number of hydrogen-bond acceptors (Lipinski definition) is 5. The molecule has 0 bridgehead atoms. The third-order valence-electron chi connectivity index (χ3n) is 5.67. The molecule has 0 amide bonds. The molecule has 1 aromatic rings. The first-order valence-corrected chi connectivity index (χ1v) is 11.2. The molecular formula is C20H21F6N3O3S. The van der Waals surface area contributed by atoms with Crippen LogP contribution in [0, 0.1) is 5.41 Å². The summed E-state index contributed by atoms with van der Waals surface area (Å²) >= 11 is 0. The van der Waals surface area contributed by atoms with Gasteiger partial charge < -0.3 is 4.90 Å². The average Bonchev–Trinajstić information content (AvgIpc) is 2.60. The minimum Gasteiger partial charge on any atom is -0.329 e. The summed E-state index contributed by atoms with van der Waals surface area (Å²) in [5.74, 6) is -1.83. The number of primary sulfonamides is 1. The van der Waals surface area contributed by atoms with E-state index in [0.717, 1.165) is 11.8 Å². The number of benzene rings is 1. The van der Waals surface area contributed by atoms with E-state index in [0.29, 0.717) is 5.56 Å². The highest BCUT2D eigenvalue weighted by Gasteiger charge is 2.76. The number of alkyl halides is 6. The zero-order valence-electron chi connectivity index (χ0n) is 17.8. The van der Waals surface area contributed by atoms with Crippen molar-refractivity contribution in [1.29, 1.82) is 0 Å². The van der Waals surface area contributed by atoms with E-state index >= 15 is 0 Å². The summed E-state index contributed by atoms with van der Waals surface area (Å²) in [6.07, 6.45) is -12.5. The second-order valence-electron chi connectivity index (χ2n) is 8.90. The number of amidine groups is 1. The van der Waals surface area contributed by atoms with Crippen LogP contribution in [0.3, 0.4) is 0 Å². The van der Waals surface area contributed by atoms with E-state index in [4.69, 9.17) is 5.14 Å². The molecule has 0 unspecified atom stereocenters. The fourth-order valence-electron chi connectivity index (χ4n) is 4.23. The molecule has 1 aliphatic carbocycles. The average molecular weight is 497 g/mol. The zero-order chi connectivity index (χ0) is 25.2. The molecule has 0 saturated heterocycles. The van der Waals surface area contributed by atoms with E-state index in [1.165, 1.54) is 24.3 Å². The van der Waals surface area contributed by atoms with Gasteiger partial charge in [-0.25, -0.2) is 18.5 Å². The van der Waals surface area contributed by atoms with Crippen LogP contribution in [-0.2, 0) is 21.4 Å². The number of carbonyl (C=O) groups excluding carboxylic acids is 1. The highest BCUT2D eigenvalue weighted by atomic mass is 32.2. The van der Waals surface area contributed by atoms with Crippen molar-refractivity contribution in [1.82, 2.24) is 4.90 Å². The Morgan fingerprint density at radius 2 is 1.55 bits per heavy atom. The first-order chi connectivity index (χ1) is 14.8. The molecule has 1 aliphatic heterocycles. The topological polar surface area (TPSA) is 92.8 Å². The maximum Gasteiger partial charge on any atom is 0.427 e. The first kappa shape index (κ1) is 25.2. The number of nitrogens with two attached hydrogens (primary N) is 1. The summed E-state index contributed by atoms with van der Waals surface area (Å²) in [5, 5.41) is 5.04. The Morgan fingerprint density at radius 3 is 2.00 bits per heavy atom.